The number of para-hydroxylation sites is 1. The molecule has 0 saturated heterocycles. The molecule has 0 fully saturated rings. The lowest BCUT2D eigenvalue weighted by Gasteiger charge is -2.12. The zero-order chi connectivity index (χ0) is 13.5. The third-order valence-electron chi connectivity index (χ3n) is 2.91. The average molecular weight is 257 g/mol. The summed E-state index contributed by atoms with van der Waals surface area (Å²) in [6, 6.07) is 17.0. The highest BCUT2D eigenvalue weighted by molar-refractivity contribution is 5.27. The van der Waals surface area contributed by atoms with E-state index >= 15 is 0 Å². The molecule has 0 aromatic heterocycles. The van der Waals surface area contributed by atoms with E-state index in [4.69, 9.17) is 10.5 Å². The van der Waals surface area contributed by atoms with Crippen LogP contribution < -0.4 is 10.5 Å². The quantitative estimate of drug-likeness (QED) is 0.836. The molecule has 3 heteroatoms. The standard InChI is InChI=1S/C16H19NO2/c17-14(11-13-5-4-6-15(18)12-13)9-10-19-16-7-2-1-3-8-16/h1-8,12,14,18H,9-11,17H2. The Morgan fingerprint density at radius 1 is 1.05 bits per heavy atom. The van der Waals surface area contributed by atoms with Crippen LogP contribution in [0.25, 0.3) is 0 Å². The summed E-state index contributed by atoms with van der Waals surface area (Å²) in [7, 11) is 0. The van der Waals surface area contributed by atoms with Crippen LogP contribution in [-0.4, -0.2) is 17.8 Å². The molecule has 3 nitrogen and oxygen atoms in total. The summed E-state index contributed by atoms with van der Waals surface area (Å²) in [5.74, 6) is 1.15. The van der Waals surface area contributed by atoms with E-state index < -0.39 is 0 Å². The van der Waals surface area contributed by atoms with Gasteiger partial charge in [0, 0.05) is 6.04 Å². The number of hydrogen-bond acceptors (Lipinski definition) is 3. The van der Waals surface area contributed by atoms with Crippen LogP contribution in [0.2, 0.25) is 0 Å². The van der Waals surface area contributed by atoms with Gasteiger partial charge in [-0.25, -0.2) is 0 Å². The smallest absolute Gasteiger partial charge is 0.119 e. The van der Waals surface area contributed by atoms with Crippen molar-refractivity contribution in [3.05, 3.63) is 60.2 Å². The van der Waals surface area contributed by atoms with E-state index in [-0.39, 0.29) is 11.8 Å². The predicted octanol–water partition coefficient (Wildman–Crippen LogP) is 2.73. The largest absolute Gasteiger partial charge is 0.508 e. The number of phenols is 1. The van der Waals surface area contributed by atoms with Crippen LogP contribution in [0, 0.1) is 0 Å². The van der Waals surface area contributed by atoms with Gasteiger partial charge in [-0.1, -0.05) is 30.3 Å². The third kappa shape index (κ3) is 4.64. The van der Waals surface area contributed by atoms with Crippen molar-refractivity contribution < 1.29 is 9.84 Å². The highest BCUT2D eigenvalue weighted by atomic mass is 16.5. The molecule has 0 saturated carbocycles. The fraction of sp³-hybridized carbons (Fsp3) is 0.250. The first kappa shape index (κ1) is 13.4. The Hall–Kier alpha value is -2.00. The van der Waals surface area contributed by atoms with Crippen molar-refractivity contribution in [2.24, 2.45) is 5.73 Å². The number of aromatic hydroxyl groups is 1. The Kier molecular flexibility index (Phi) is 4.81. The number of phenolic OH excluding ortho intramolecular Hbond substituents is 1. The molecule has 100 valence electrons. The van der Waals surface area contributed by atoms with Crippen LogP contribution in [0.5, 0.6) is 11.5 Å². The van der Waals surface area contributed by atoms with Crippen molar-refractivity contribution in [1.29, 1.82) is 0 Å². The van der Waals surface area contributed by atoms with Crippen LogP contribution in [0.3, 0.4) is 0 Å². The molecule has 3 N–H and O–H groups in total. The van der Waals surface area contributed by atoms with Gasteiger partial charge in [-0.15, -0.1) is 0 Å². The minimum atomic E-state index is 0.0329. The molecule has 0 aliphatic carbocycles. The lowest BCUT2D eigenvalue weighted by Crippen LogP contribution is -2.25. The highest BCUT2D eigenvalue weighted by Crippen LogP contribution is 2.13. The molecule has 0 amide bonds. The number of benzene rings is 2. The normalized spacial score (nSPS) is 12.1. The molecular formula is C16H19NO2. The van der Waals surface area contributed by atoms with Gasteiger partial charge in [0.25, 0.3) is 0 Å². The first-order valence-electron chi connectivity index (χ1n) is 6.45. The van der Waals surface area contributed by atoms with Crippen LogP contribution in [0.4, 0.5) is 0 Å². The van der Waals surface area contributed by atoms with Crippen molar-refractivity contribution in [3.8, 4) is 11.5 Å². The van der Waals surface area contributed by atoms with Gasteiger partial charge in [0.2, 0.25) is 0 Å². The second-order valence-corrected chi connectivity index (χ2v) is 4.58. The first-order valence-corrected chi connectivity index (χ1v) is 6.45. The molecular weight excluding hydrogens is 238 g/mol. The second kappa shape index (κ2) is 6.81. The van der Waals surface area contributed by atoms with Crippen molar-refractivity contribution >= 4 is 0 Å². The monoisotopic (exact) mass is 257 g/mol. The number of ether oxygens (including phenoxy) is 1. The van der Waals surface area contributed by atoms with E-state index in [0.717, 1.165) is 24.2 Å². The van der Waals surface area contributed by atoms with Crippen LogP contribution in [0.15, 0.2) is 54.6 Å². The fourth-order valence-electron chi connectivity index (χ4n) is 1.93. The maximum atomic E-state index is 9.39. The Bertz CT molecular complexity index is 499. The van der Waals surface area contributed by atoms with Crippen LogP contribution >= 0.6 is 0 Å². The fourth-order valence-corrected chi connectivity index (χ4v) is 1.93. The minimum absolute atomic E-state index is 0.0329. The Balaban J connectivity index is 1.74. The summed E-state index contributed by atoms with van der Waals surface area (Å²) in [6.45, 7) is 0.601. The minimum Gasteiger partial charge on any atom is -0.508 e. The number of hydrogen-bond donors (Lipinski definition) is 2. The molecule has 2 rings (SSSR count). The molecule has 0 heterocycles. The van der Waals surface area contributed by atoms with Gasteiger partial charge in [-0.3, -0.25) is 0 Å². The Morgan fingerprint density at radius 3 is 2.58 bits per heavy atom. The van der Waals surface area contributed by atoms with Gasteiger partial charge in [-0.05, 0) is 42.7 Å². The maximum absolute atomic E-state index is 9.39. The highest BCUT2D eigenvalue weighted by Gasteiger charge is 2.05. The van der Waals surface area contributed by atoms with E-state index in [0.29, 0.717) is 6.61 Å². The van der Waals surface area contributed by atoms with Gasteiger partial charge in [0.05, 0.1) is 6.61 Å². The summed E-state index contributed by atoms with van der Waals surface area (Å²) in [6.07, 6.45) is 1.52. The second-order valence-electron chi connectivity index (χ2n) is 4.58. The zero-order valence-electron chi connectivity index (χ0n) is 10.8. The summed E-state index contributed by atoms with van der Waals surface area (Å²) >= 11 is 0. The van der Waals surface area contributed by atoms with E-state index in [1.54, 1.807) is 12.1 Å². The van der Waals surface area contributed by atoms with E-state index in [2.05, 4.69) is 0 Å². The topological polar surface area (TPSA) is 55.5 Å². The zero-order valence-corrected chi connectivity index (χ0v) is 10.8. The van der Waals surface area contributed by atoms with Crippen LogP contribution in [-0.2, 0) is 6.42 Å². The molecule has 2 aromatic carbocycles. The summed E-state index contributed by atoms with van der Waals surface area (Å²) in [5, 5.41) is 9.39. The molecule has 2 aromatic rings. The SMILES string of the molecule is NC(CCOc1ccccc1)Cc1cccc(O)c1. The van der Waals surface area contributed by atoms with E-state index in [1.807, 2.05) is 42.5 Å². The first-order chi connectivity index (χ1) is 9.24. The average Bonchev–Trinajstić information content (AvgIpc) is 2.40. The van der Waals surface area contributed by atoms with Gasteiger partial charge in [-0.2, -0.15) is 0 Å². The number of rotatable bonds is 6. The van der Waals surface area contributed by atoms with Gasteiger partial charge >= 0.3 is 0 Å². The molecule has 1 atom stereocenters. The molecule has 0 radical (unpaired) electrons. The summed E-state index contributed by atoms with van der Waals surface area (Å²) in [4.78, 5) is 0. The van der Waals surface area contributed by atoms with Gasteiger partial charge < -0.3 is 15.6 Å². The lowest BCUT2D eigenvalue weighted by molar-refractivity contribution is 0.297. The van der Waals surface area contributed by atoms with E-state index in [1.165, 1.54) is 0 Å². The molecule has 0 bridgehead atoms. The third-order valence-corrected chi connectivity index (χ3v) is 2.91. The molecule has 0 aliphatic heterocycles. The van der Waals surface area contributed by atoms with Gasteiger partial charge in [0.15, 0.2) is 0 Å². The van der Waals surface area contributed by atoms with E-state index in [9.17, 15) is 5.11 Å². The molecule has 1 unspecified atom stereocenters. The Labute approximate surface area is 113 Å². The van der Waals surface area contributed by atoms with Crippen LogP contribution in [0.1, 0.15) is 12.0 Å². The van der Waals surface area contributed by atoms with Crippen molar-refractivity contribution in [1.82, 2.24) is 0 Å². The lowest BCUT2D eigenvalue weighted by atomic mass is 10.0. The summed E-state index contributed by atoms with van der Waals surface area (Å²) in [5.41, 5.74) is 7.11. The summed E-state index contributed by atoms with van der Waals surface area (Å²) < 4.78 is 5.61. The maximum Gasteiger partial charge on any atom is 0.119 e. The number of nitrogens with two attached hydrogens (primary N) is 1. The molecule has 0 spiro atoms. The van der Waals surface area contributed by atoms with Crippen molar-refractivity contribution in [2.75, 3.05) is 6.61 Å². The molecule has 0 aliphatic rings. The van der Waals surface area contributed by atoms with Gasteiger partial charge in [0.1, 0.15) is 11.5 Å². The molecule has 19 heavy (non-hydrogen) atoms. The van der Waals surface area contributed by atoms with Crippen molar-refractivity contribution in [2.45, 2.75) is 18.9 Å². The predicted molar refractivity (Wildman–Crippen MR) is 76.3 cm³/mol. The van der Waals surface area contributed by atoms with Crippen molar-refractivity contribution in [3.63, 3.8) is 0 Å². The Morgan fingerprint density at radius 2 is 1.84 bits per heavy atom.